The molecule has 2 rings (SSSR count). The van der Waals surface area contributed by atoms with Crippen LogP contribution in [0.15, 0.2) is 18.2 Å². The van der Waals surface area contributed by atoms with Crippen molar-refractivity contribution >= 4 is 17.8 Å². The van der Waals surface area contributed by atoms with Crippen LogP contribution in [-0.4, -0.2) is 47.4 Å². The SMILES string of the molecule is Cc1ccc(C(=O)NCC(=O)N2CCC(C(=O)O)C(CC(C)C)C2)cc1C. The molecule has 1 aromatic carbocycles. The molecule has 2 amide bonds. The number of nitrogens with zero attached hydrogens (tertiary/aromatic N) is 1. The third kappa shape index (κ3) is 5.55. The second-order valence-electron chi connectivity index (χ2n) is 7.94. The average Bonchev–Trinajstić information content (AvgIpc) is 2.60. The first kappa shape index (κ1) is 20.9. The van der Waals surface area contributed by atoms with E-state index in [0.717, 1.165) is 17.5 Å². The minimum absolute atomic E-state index is 0.0457. The molecule has 6 heteroatoms. The van der Waals surface area contributed by atoms with Crippen LogP contribution in [0.5, 0.6) is 0 Å². The number of aliphatic carboxylic acids is 1. The van der Waals surface area contributed by atoms with Crippen molar-refractivity contribution in [3.8, 4) is 0 Å². The summed E-state index contributed by atoms with van der Waals surface area (Å²) in [5.74, 6) is -1.29. The Morgan fingerprint density at radius 3 is 2.52 bits per heavy atom. The van der Waals surface area contributed by atoms with Crippen LogP contribution in [0.4, 0.5) is 0 Å². The minimum Gasteiger partial charge on any atom is -0.481 e. The molecule has 1 aliphatic rings. The molecule has 148 valence electrons. The van der Waals surface area contributed by atoms with E-state index in [1.54, 1.807) is 11.0 Å². The van der Waals surface area contributed by atoms with E-state index in [2.05, 4.69) is 19.2 Å². The summed E-state index contributed by atoms with van der Waals surface area (Å²) in [7, 11) is 0. The summed E-state index contributed by atoms with van der Waals surface area (Å²) >= 11 is 0. The van der Waals surface area contributed by atoms with E-state index in [9.17, 15) is 19.5 Å². The highest BCUT2D eigenvalue weighted by Gasteiger charge is 2.35. The van der Waals surface area contributed by atoms with Crippen LogP contribution in [0.2, 0.25) is 0 Å². The van der Waals surface area contributed by atoms with E-state index >= 15 is 0 Å². The number of hydrogen-bond donors (Lipinski definition) is 2. The number of amides is 2. The quantitative estimate of drug-likeness (QED) is 0.801. The fourth-order valence-corrected chi connectivity index (χ4v) is 3.68. The average molecular weight is 374 g/mol. The van der Waals surface area contributed by atoms with Crippen molar-refractivity contribution < 1.29 is 19.5 Å². The molecule has 0 spiro atoms. The van der Waals surface area contributed by atoms with Crippen LogP contribution in [0.3, 0.4) is 0 Å². The van der Waals surface area contributed by atoms with Gasteiger partial charge in [0, 0.05) is 18.7 Å². The molecule has 2 unspecified atom stereocenters. The molecule has 1 saturated heterocycles. The third-order valence-electron chi connectivity index (χ3n) is 5.35. The number of carboxylic acid groups (broad SMARTS) is 1. The standard InChI is InChI=1S/C21H30N2O4/c1-13(2)9-17-12-23(8-7-18(17)21(26)27)19(24)11-22-20(25)16-6-5-14(3)15(4)10-16/h5-6,10,13,17-18H,7-9,11-12H2,1-4H3,(H,22,25)(H,26,27). The van der Waals surface area contributed by atoms with Crippen LogP contribution in [0.25, 0.3) is 0 Å². The second kappa shape index (κ2) is 9.02. The molecular weight excluding hydrogens is 344 g/mol. The molecule has 1 fully saturated rings. The fraction of sp³-hybridized carbons (Fsp3) is 0.571. The second-order valence-corrected chi connectivity index (χ2v) is 7.94. The van der Waals surface area contributed by atoms with Gasteiger partial charge in [-0.25, -0.2) is 0 Å². The number of piperidine rings is 1. The van der Waals surface area contributed by atoms with Gasteiger partial charge in [0.05, 0.1) is 12.5 Å². The zero-order chi connectivity index (χ0) is 20.1. The number of aryl methyl sites for hydroxylation is 2. The smallest absolute Gasteiger partial charge is 0.306 e. The first-order chi connectivity index (χ1) is 12.7. The fourth-order valence-electron chi connectivity index (χ4n) is 3.68. The van der Waals surface area contributed by atoms with Crippen molar-refractivity contribution in [1.29, 1.82) is 0 Å². The Kier molecular flexibility index (Phi) is 6.99. The molecule has 0 saturated carbocycles. The maximum absolute atomic E-state index is 12.5. The molecule has 2 N–H and O–H groups in total. The molecule has 6 nitrogen and oxygen atoms in total. The van der Waals surface area contributed by atoms with E-state index in [4.69, 9.17) is 0 Å². The molecule has 27 heavy (non-hydrogen) atoms. The highest BCUT2D eigenvalue weighted by molar-refractivity contribution is 5.96. The maximum Gasteiger partial charge on any atom is 0.306 e. The van der Waals surface area contributed by atoms with Gasteiger partial charge in [-0.1, -0.05) is 19.9 Å². The highest BCUT2D eigenvalue weighted by Crippen LogP contribution is 2.29. The largest absolute Gasteiger partial charge is 0.481 e. The van der Waals surface area contributed by atoms with E-state index in [-0.39, 0.29) is 24.3 Å². The number of rotatable bonds is 6. The topological polar surface area (TPSA) is 86.7 Å². The molecular formula is C21H30N2O4. The zero-order valence-electron chi connectivity index (χ0n) is 16.6. The summed E-state index contributed by atoms with van der Waals surface area (Å²) in [6.45, 7) is 8.83. The Labute approximate surface area is 160 Å². The highest BCUT2D eigenvalue weighted by atomic mass is 16.4. The Morgan fingerprint density at radius 2 is 1.93 bits per heavy atom. The zero-order valence-corrected chi connectivity index (χ0v) is 16.6. The lowest BCUT2D eigenvalue weighted by Crippen LogP contribution is -2.49. The van der Waals surface area contributed by atoms with Gasteiger partial charge in [-0.15, -0.1) is 0 Å². The van der Waals surface area contributed by atoms with Gasteiger partial charge >= 0.3 is 5.97 Å². The molecule has 2 atom stereocenters. The summed E-state index contributed by atoms with van der Waals surface area (Å²) in [6.07, 6.45) is 1.24. The molecule has 0 aliphatic carbocycles. The normalized spacial score (nSPS) is 19.8. The van der Waals surface area contributed by atoms with Gasteiger partial charge in [0.2, 0.25) is 5.91 Å². The van der Waals surface area contributed by atoms with Gasteiger partial charge in [-0.05, 0) is 61.8 Å². The van der Waals surface area contributed by atoms with Crippen molar-refractivity contribution in [2.45, 2.75) is 40.5 Å². The number of benzene rings is 1. The summed E-state index contributed by atoms with van der Waals surface area (Å²) in [5.41, 5.74) is 2.68. The maximum atomic E-state index is 12.5. The van der Waals surface area contributed by atoms with Crippen LogP contribution in [0.1, 0.15) is 48.2 Å². The van der Waals surface area contributed by atoms with Crippen LogP contribution in [0, 0.1) is 31.6 Å². The summed E-state index contributed by atoms with van der Waals surface area (Å²) < 4.78 is 0. The van der Waals surface area contributed by atoms with Crippen molar-refractivity contribution in [1.82, 2.24) is 10.2 Å². The van der Waals surface area contributed by atoms with Crippen molar-refractivity contribution in [3.05, 3.63) is 34.9 Å². The molecule has 0 aromatic heterocycles. The van der Waals surface area contributed by atoms with Crippen molar-refractivity contribution in [3.63, 3.8) is 0 Å². The predicted molar refractivity (Wildman–Crippen MR) is 104 cm³/mol. The van der Waals surface area contributed by atoms with Gasteiger partial charge in [-0.2, -0.15) is 0 Å². The molecule has 0 radical (unpaired) electrons. The minimum atomic E-state index is -0.782. The summed E-state index contributed by atoms with van der Waals surface area (Å²) in [4.78, 5) is 38.0. The Balaban J connectivity index is 1.94. The molecule has 1 aromatic rings. The predicted octanol–water partition coefficient (Wildman–Crippen LogP) is 2.63. The van der Waals surface area contributed by atoms with Gasteiger partial charge in [0.25, 0.3) is 5.91 Å². The van der Waals surface area contributed by atoms with Gasteiger partial charge < -0.3 is 15.3 Å². The number of hydrogen-bond acceptors (Lipinski definition) is 3. The van der Waals surface area contributed by atoms with E-state index < -0.39 is 11.9 Å². The van der Waals surface area contributed by atoms with E-state index in [1.165, 1.54) is 0 Å². The lowest BCUT2D eigenvalue weighted by atomic mass is 9.80. The molecule has 0 bridgehead atoms. The summed E-state index contributed by atoms with van der Waals surface area (Å²) in [6, 6.07) is 5.45. The van der Waals surface area contributed by atoms with Gasteiger partial charge in [0.1, 0.15) is 0 Å². The van der Waals surface area contributed by atoms with Crippen LogP contribution in [-0.2, 0) is 9.59 Å². The Morgan fingerprint density at radius 1 is 1.22 bits per heavy atom. The van der Waals surface area contributed by atoms with Gasteiger partial charge in [-0.3, -0.25) is 14.4 Å². The van der Waals surface area contributed by atoms with E-state index in [1.807, 2.05) is 26.0 Å². The Hall–Kier alpha value is -2.37. The molecule has 1 aliphatic heterocycles. The number of likely N-dealkylation sites (tertiary alicyclic amines) is 1. The first-order valence-corrected chi connectivity index (χ1v) is 9.55. The number of carbonyl (C=O) groups is 3. The van der Waals surface area contributed by atoms with Crippen molar-refractivity contribution in [2.24, 2.45) is 17.8 Å². The van der Waals surface area contributed by atoms with Crippen LogP contribution >= 0.6 is 0 Å². The first-order valence-electron chi connectivity index (χ1n) is 9.55. The number of nitrogens with one attached hydrogen (secondary N) is 1. The summed E-state index contributed by atoms with van der Waals surface area (Å²) in [5, 5.41) is 12.1. The van der Waals surface area contributed by atoms with E-state index in [0.29, 0.717) is 31.0 Å². The number of carbonyl (C=O) groups excluding carboxylic acids is 2. The lowest BCUT2D eigenvalue weighted by Gasteiger charge is -2.37. The molecule has 1 heterocycles. The number of carboxylic acids is 1. The third-order valence-corrected chi connectivity index (χ3v) is 5.35. The van der Waals surface area contributed by atoms with Crippen molar-refractivity contribution in [2.75, 3.05) is 19.6 Å². The monoisotopic (exact) mass is 374 g/mol. The Bertz CT molecular complexity index is 714. The van der Waals surface area contributed by atoms with Crippen LogP contribution < -0.4 is 5.32 Å². The van der Waals surface area contributed by atoms with Gasteiger partial charge in [0.15, 0.2) is 0 Å². The lowest BCUT2D eigenvalue weighted by molar-refractivity contribution is -0.149.